The summed E-state index contributed by atoms with van der Waals surface area (Å²) in [7, 11) is 1.34. The van der Waals surface area contributed by atoms with Crippen LogP contribution >= 0.6 is 12.4 Å². The molecule has 0 saturated heterocycles. The number of carbonyl (C=O) groups is 2. The lowest BCUT2D eigenvalue weighted by Gasteiger charge is -2.29. The predicted molar refractivity (Wildman–Crippen MR) is 95.9 cm³/mol. The summed E-state index contributed by atoms with van der Waals surface area (Å²) in [6.45, 7) is 0.619. The number of aliphatic carboxylic acids is 1. The number of nitrogens with zero attached hydrogens (tertiary/aromatic N) is 3. The first-order valence-corrected chi connectivity index (χ1v) is 7.72. The Balaban J connectivity index is 0.00000243. The first-order chi connectivity index (χ1) is 12.0. The van der Waals surface area contributed by atoms with E-state index in [1.54, 1.807) is 12.1 Å². The highest BCUT2D eigenvalue weighted by Gasteiger charge is 2.22. The van der Waals surface area contributed by atoms with Crippen molar-refractivity contribution < 1.29 is 19.4 Å². The van der Waals surface area contributed by atoms with Crippen LogP contribution in [0.25, 0.3) is 0 Å². The molecular weight excluding hydrogens is 362 g/mol. The minimum atomic E-state index is -1.08. The normalized spacial score (nSPS) is 12.7. The number of rotatable bonds is 4. The van der Waals surface area contributed by atoms with Crippen LogP contribution in [0.3, 0.4) is 0 Å². The van der Waals surface area contributed by atoms with E-state index in [-0.39, 0.29) is 24.2 Å². The first-order valence-electron chi connectivity index (χ1n) is 7.72. The molecule has 0 fully saturated rings. The van der Waals surface area contributed by atoms with Crippen LogP contribution in [0.4, 0.5) is 5.82 Å². The quantitative estimate of drug-likeness (QED) is 0.793. The summed E-state index contributed by atoms with van der Waals surface area (Å²) in [5.41, 5.74) is 2.09. The molecule has 3 rings (SSSR count). The first kappa shape index (κ1) is 19.5. The third kappa shape index (κ3) is 3.85. The van der Waals surface area contributed by atoms with Gasteiger partial charge < -0.3 is 14.7 Å². The van der Waals surface area contributed by atoms with E-state index in [1.165, 1.54) is 19.5 Å². The van der Waals surface area contributed by atoms with Gasteiger partial charge in [-0.1, -0.05) is 6.07 Å². The number of methoxy groups -OCH3 is 1. The molecule has 0 atom stereocenters. The van der Waals surface area contributed by atoms with E-state index in [0.717, 1.165) is 15.7 Å². The van der Waals surface area contributed by atoms with Crippen molar-refractivity contribution in [1.82, 2.24) is 9.55 Å². The molecule has 0 amide bonds. The summed E-state index contributed by atoms with van der Waals surface area (Å²) in [5.74, 6) is -1.24. The Morgan fingerprint density at radius 3 is 2.77 bits per heavy atom. The Hall–Kier alpha value is -2.87. The molecule has 2 aromatic rings. The Kier molecular flexibility index (Phi) is 5.99. The number of aromatic nitrogens is 2. The van der Waals surface area contributed by atoms with Gasteiger partial charge in [-0.2, -0.15) is 0 Å². The van der Waals surface area contributed by atoms with E-state index in [1.807, 2.05) is 11.0 Å². The third-order valence-corrected chi connectivity index (χ3v) is 4.14. The van der Waals surface area contributed by atoms with Crippen molar-refractivity contribution in [2.75, 3.05) is 18.6 Å². The molecule has 1 aromatic carbocycles. The SMILES string of the molecule is COC(=O)c1ccc2c(c1)CCN(c1nccn(CC(=O)O)c1=O)C2.Cl. The highest BCUT2D eigenvalue weighted by atomic mass is 35.5. The summed E-state index contributed by atoms with van der Waals surface area (Å²) in [4.78, 5) is 40.9. The molecule has 0 aliphatic carbocycles. The Morgan fingerprint density at radius 2 is 2.08 bits per heavy atom. The van der Waals surface area contributed by atoms with E-state index in [2.05, 4.69) is 4.98 Å². The largest absolute Gasteiger partial charge is 0.480 e. The lowest BCUT2D eigenvalue weighted by Crippen LogP contribution is -2.37. The van der Waals surface area contributed by atoms with Crippen molar-refractivity contribution in [3.05, 3.63) is 57.6 Å². The van der Waals surface area contributed by atoms with E-state index >= 15 is 0 Å². The monoisotopic (exact) mass is 379 g/mol. The second kappa shape index (κ2) is 8.01. The minimum Gasteiger partial charge on any atom is -0.480 e. The molecule has 1 N–H and O–H groups in total. The number of hydrogen-bond acceptors (Lipinski definition) is 6. The maximum atomic E-state index is 12.4. The van der Waals surface area contributed by atoms with Gasteiger partial charge in [0.15, 0.2) is 5.82 Å². The van der Waals surface area contributed by atoms with Gasteiger partial charge in [-0.05, 0) is 29.7 Å². The number of carbonyl (C=O) groups excluding carboxylic acids is 1. The molecule has 26 heavy (non-hydrogen) atoms. The number of anilines is 1. The van der Waals surface area contributed by atoms with Gasteiger partial charge in [-0.3, -0.25) is 14.2 Å². The van der Waals surface area contributed by atoms with Gasteiger partial charge in [-0.25, -0.2) is 9.78 Å². The third-order valence-electron chi connectivity index (χ3n) is 4.14. The second-order valence-electron chi connectivity index (χ2n) is 5.72. The average molecular weight is 380 g/mol. The molecule has 1 aliphatic rings. The van der Waals surface area contributed by atoms with Gasteiger partial charge >= 0.3 is 11.9 Å². The van der Waals surface area contributed by atoms with E-state index in [9.17, 15) is 14.4 Å². The van der Waals surface area contributed by atoms with Crippen molar-refractivity contribution in [2.24, 2.45) is 0 Å². The molecule has 0 saturated carbocycles. The van der Waals surface area contributed by atoms with Crippen LogP contribution in [0, 0.1) is 0 Å². The zero-order chi connectivity index (χ0) is 18.0. The smallest absolute Gasteiger partial charge is 0.337 e. The molecule has 1 aliphatic heterocycles. The standard InChI is InChI=1S/C17H17N3O5.ClH/c1-25-17(24)12-2-3-13-9-19(6-4-11(13)8-12)15-16(23)20(7-5-18-15)10-14(21)22;/h2-3,5,7-8H,4,6,9-10H2,1H3,(H,21,22);1H. The number of ether oxygens (including phenoxy) is 1. The summed E-state index contributed by atoms with van der Waals surface area (Å²) < 4.78 is 5.85. The van der Waals surface area contributed by atoms with Gasteiger partial charge in [-0.15, -0.1) is 12.4 Å². The number of halogens is 1. The lowest BCUT2D eigenvalue weighted by molar-refractivity contribution is -0.137. The molecule has 2 heterocycles. The second-order valence-corrected chi connectivity index (χ2v) is 5.72. The number of carboxylic acids is 1. The molecule has 0 unspecified atom stereocenters. The Bertz CT molecular complexity index is 896. The molecule has 0 radical (unpaired) electrons. The van der Waals surface area contributed by atoms with Gasteiger partial charge in [0.1, 0.15) is 6.54 Å². The van der Waals surface area contributed by atoms with Crippen molar-refractivity contribution in [3.63, 3.8) is 0 Å². The number of hydrogen-bond donors (Lipinski definition) is 1. The van der Waals surface area contributed by atoms with Crippen LogP contribution in [0.1, 0.15) is 21.5 Å². The van der Waals surface area contributed by atoms with Crippen molar-refractivity contribution in [3.8, 4) is 0 Å². The van der Waals surface area contributed by atoms with Crippen LogP contribution in [0.15, 0.2) is 35.4 Å². The molecular formula is C17H18ClN3O5. The number of esters is 1. The summed E-state index contributed by atoms with van der Waals surface area (Å²) in [6, 6.07) is 5.33. The van der Waals surface area contributed by atoms with Crippen molar-refractivity contribution >= 4 is 30.2 Å². The minimum absolute atomic E-state index is 0. The zero-order valence-corrected chi connectivity index (χ0v) is 14.9. The highest BCUT2D eigenvalue weighted by Crippen LogP contribution is 2.22. The van der Waals surface area contributed by atoms with Gasteiger partial charge in [0.2, 0.25) is 0 Å². The zero-order valence-electron chi connectivity index (χ0n) is 14.0. The Labute approximate surface area is 155 Å². The molecule has 138 valence electrons. The van der Waals surface area contributed by atoms with Crippen molar-refractivity contribution in [2.45, 2.75) is 19.5 Å². The molecule has 0 spiro atoms. The number of benzene rings is 1. The fourth-order valence-corrected chi connectivity index (χ4v) is 2.90. The number of fused-ring (bicyclic) bond motifs is 1. The maximum Gasteiger partial charge on any atom is 0.337 e. The van der Waals surface area contributed by atoms with E-state index < -0.39 is 18.1 Å². The van der Waals surface area contributed by atoms with E-state index in [0.29, 0.717) is 25.1 Å². The topological polar surface area (TPSA) is 102 Å². The van der Waals surface area contributed by atoms with Gasteiger partial charge in [0, 0.05) is 25.5 Å². The van der Waals surface area contributed by atoms with Gasteiger partial charge in [0.05, 0.1) is 12.7 Å². The van der Waals surface area contributed by atoms with Crippen LogP contribution in [-0.2, 0) is 29.0 Å². The molecule has 0 bridgehead atoms. The maximum absolute atomic E-state index is 12.4. The van der Waals surface area contributed by atoms with Crippen LogP contribution < -0.4 is 10.5 Å². The van der Waals surface area contributed by atoms with Crippen LogP contribution in [0.2, 0.25) is 0 Å². The lowest BCUT2D eigenvalue weighted by atomic mass is 9.97. The van der Waals surface area contributed by atoms with Crippen LogP contribution in [-0.4, -0.2) is 40.3 Å². The Morgan fingerprint density at radius 1 is 1.31 bits per heavy atom. The molecule has 9 heteroatoms. The molecule has 1 aromatic heterocycles. The van der Waals surface area contributed by atoms with E-state index in [4.69, 9.17) is 9.84 Å². The average Bonchev–Trinajstić information content (AvgIpc) is 2.61. The fraction of sp³-hybridized carbons (Fsp3) is 0.294. The van der Waals surface area contributed by atoms with Crippen LogP contribution in [0.5, 0.6) is 0 Å². The summed E-state index contributed by atoms with van der Waals surface area (Å²) in [5, 5.41) is 8.88. The summed E-state index contributed by atoms with van der Waals surface area (Å²) >= 11 is 0. The molecule has 8 nitrogen and oxygen atoms in total. The van der Waals surface area contributed by atoms with Gasteiger partial charge in [0.25, 0.3) is 5.56 Å². The van der Waals surface area contributed by atoms with Crippen molar-refractivity contribution in [1.29, 1.82) is 0 Å². The number of carboxylic acid groups (broad SMARTS) is 1. The highest BCUT2D eigenvalue weighted by molar-refractivity contribution is 5.89. The summed E-state index contributed by atoms with van der Waals surface area (Å²) in [6.07, 6.45) is 3.44. The fourth-order valence-electron chi connectivity index (χ4n) is 2.90. The predicted octanol–water partition coefficient (Wildman–Crippen LogP) is 1.10.